The highest BCUT2D eigenvalue weighted by Gasteiger charge is 2.03. The number of rotatable bonds is 1. The first-order valence-corrected chi connectivity index (χ1v) is 4.23. The quantitative estimate of drug-likeness (QED) is 0.391. The maximum atomic E-state index is 8.48. The predicted octanol–water partition coefficient (Wildman–Crippen LogP) is 2.56. The molecule has 11 heavy (non-hydrogen) atoms. The van der Waals surface area contributed by atoms with E-state index in [1.54, 1.807) is 18.3 Å². The average molecular weight is 169 g/mol. The van der Waals surface area contributed by atoms with Gasteiger partial charge in [-0.2, -0.15) is 0 Å². The fourth-order valence-corrected chi connectivity index (χ4v) is 1.77. The van der Waals surface area contributed by atoms with Crippen LogP contribution >= 0.6 is 11.3 Å². The van der Waals surface area contributed by atoms with Gasteiger partial charge < -0.3 is 5.21 Å². The van der Waals surface area contributed by atoms with E-state index in [2.05, 4.69) is 19.0 Å². The lowest BCUT2D eigenvalue weighted by atomic mass is 10.2. The van der Waals surface area contributed by atoms with E-state index in [0.717, 1.165) is 4.88 Å². The lowest BCUT2D eigenvalue weighted by Gasteiger charge is -1.88. The topological polar surface area (TPSA) is 32.6 Å². The van der Waals surface area contributed by atoms with Crippen molar-refractivity contribution in [1.29, 1.82) is 0 Å². The van der Waals surface area contributed by atoms with Crippen LogP contribution in [0.15, 0.2) is 11.2 Å². The van der Waals surface area contributed by atoms with Gasteiger partial charge in [-0.1, -0.05) is 5.16 Å². The van der Waals surface area contributed by atoms with Crippen LogP contribution in [0.2, 0.25) is 0 Å². The van der Waals surface area contributed by atoms with E-state index in [0.29, 0.717) is 5.71 Å². The highest BCUT2D eigenvalue weighted by atomic mass is 32.1. The van der Waals surface area contributed by atoms with Crippen molar-refractivity contribution in [2.45, 2.75) is 20.8 Å². The Morgan fingerprint density at radius 2 is 2.18 bits per heavy atom. The molecule has 0 saturated carbocycles. The summed E-state index contributed by atoms with van der Waals surface area (Å²) in [5.74, 6) is 0. The van der Waals surface area contributed by atoms with E-state index in [-0.39, 0.29) is 0 Å². The van der Waals surface area contributed by atoms with Crippen molar-refractivity contribution >= 4 is 17.0 Å². The first-order chi connectivity index (χ1) is 5.15. The van der Waals surface area contributed by atoms with Crippen molar-refractivity contribution < 1.29 is 5.21 Å². The molecule has 60 valence electrons. The lowest BCUT2D eigenvalue weighted by Crippen LogP contribution is -1.88. The first kappa shape index (κ1) is 8.27. The van der Waals surface area contributed by atoms with E-state index >= 15 is 0 Å². The van der Waals surface area contributed by atoms with Gasteiger partial charge in [-0.05, 0) is 32.4 Å². The molecule has 0 saturated heterocycles. The SMILES string of the molecule is C/C(=N\O)c1cc(C)c(C)s1. The van der Waals surface area contributed by atoms with Crippen LogP contribution in [0.4, 0.5) is 0 Å². The molecule has 1 N–H and O–H groups in total. The second-order valence-corrected chi connectivity index (χ2v) is 3.79. The molecule has 1 aromatic rings. The molecule has 0 spiro atoms. The van der Waals surface area contributed by atoms with Crippen LogP contribution in [-0.4, -0.2) is 10.9 Å². The molecule has 1 heterocycles. The van der Waals surface area contributed by atoms with Crippen molar-refractivity contribution in [2.75, 3.05) is 0 Å². The van der Waals surface area contributed by atoms with Crippen LogP contribution in [0, 0.1) is 13.8 Å². The molecule has 2 nitrogen and oxygen atoms in total. The van der Waals surface area contributed by atoms with Crippen molar-refractivity contribution in [3.63, 3.8) is 0 Å². The van der Waals surface area contributed by atoms with Crippen molar-refractivity contribution in [3.05, 3.63) is 21.4 Å². The fourth-order valence-electron chi connectivity index (χ4n) is 0.801. The molecule has 0 aliphatic carbocycles. The van der Waals surface area contributed by atoms with Gasteiger partial charge in [0.15, 0.2) is 0 Å². The molecular formula is C8H11NOS. The Bertz CT molecular complexity index is 269. The summed E-state index contributed by atoms with van der Waals surface area (Å²) < 4.78 is 0. The minimum Gasteiger partial charge on any atom is -0.411 e. The number of aryl methyl sites for hydroxylation is 2. The Hall–Kier alpha value is -0.830. The standard InChI is InChI=1S/C8H11NOS/c1-5-4-8(6(2)9-10)11-7(5)3/h4,10H,1-3H3/b9-6+. The van der Waals surface area contributed by atoms with Gasteiger partial charge in [0, 0.05) is 4.88 Å². The van der Waals surface area contributed by atoms with Gasteiger partial charge in [0.05, 0.1) is 10.6 Å². The molecule has 0 aliphatic heterocycles. The van der Waals surface area contributed by atoms with Crippen molar-refractivity contribution in [2.24, 2.45) is 5.16 Å². The third-order valence-corrected chi connectivity index (χ3v) is 2.93. The Morgan fingerprint density at radius 1 is 1.55 bits per heavy atom. The van der Waals surface area contributed by atoms with E-state index in [9.17, 15) is 0 Å². The van der Waals surface area contributed by atoms with Crippen LogP contribution in [0.5, 0.6) is 0 Å². The van der Waals surface area contributed by atoms with Crippen LogP contribution in [0.1, 0.15) is 22.2 Å². The number of hydrogen-bond donors (Lipinski definition) is 1. The number of thiophene rings is 1. The van der Waals surface area contributed by atoms with E-state index < -0.39 is 0 Å². The maximum absolute atomic E-state index is 8.48. The Labute approximate surface area is 70.2 Å². The van der Waals surface area contributed by atoms with Crippen LogP contribution in [0.3, 0.4) is 0 Å². The molecule has 0 aromatic carbocycles. The largest absolute Gasteiger partial charge is 0.411 e. The lowest BCUT2D eigenvalue weighted by molar-refractivity contribution is 0.319. The van der Waals surface area contributed by atoms with Gasteiger partial charge in [0.1, 0.15) is 0 Å². The first-order valence-electron chi connectivity index (χ1n) is 3.41. The fraction of sp³-hybridized carbons (Fsp3) is 0.375. The zero-order valence-corrected chi connectivity index (χ0v) is 7.70. The Kier molecular flexibility index (Phi) is 2.29. The van der Waals surface area contributed by atoms with Gasteiger partial charge in [-0.3, -0.25) is 0 Å². The highest BCUT2D eigenvalue weighted by molar-refractivity contribution is 7.14. The van der Waals surface area contributed by atoms with E-state index in [1.807, 2.05) is 6.07 Å². The third kappa shape index (κ3) is 1.60. The summed E-state index contributed by atoms with van der Waals surface area (Å²) in [6, 6.07) is 2.04. The molecule has 0 radical (unpaired) electrons. The van der Waals surface area contributed by atoms with Crippen LogP contribution in [-0.2, 0) is 0 Å². The monoisotopic (exact) mass is 169 g/mol. The molecule has 0 fully saturated rings. The molecule has 1 rings (SSSR count). The number of hydrogen-bond acceptors (Lipinski definition) is 3. The second kappa shape index (κ2) is 3.05. The van der Waals surface area contributed by atoms with Gasteiger partial charge in [0.25, 0.3) is 0 Å². The predicted molar refractivity (Wildman–Crippen MR) is 47.8 cm³/mol. The summed E-state index contributed by atoms with van der Waals surface area (Å²) in [7, 11) is 0. The molecule has 3 heteroatoms. The summed E-state index contributed by atoms with van der Waals surface area (Å²) in [5, 5.41) is 11.6. The third-order valence-electron chi connectivity index (χ3n) is 1.67. The van der Waals surface area contributed by atoms with Gasteiger partial charge in [-0.25, -0.2) is 0 Å². The summed E-state index contributed by atoms with van der Waals surface area (Å²) in [5.41, 5.74) is 1.94. The normalized spacial score (nSPS) is 12.1. The molecule has 0 aliphatic rings. The zero-order valence-electron chi connectivity index (χ0n) is 6.88. The number of nitrogens with zero attached hydrogens (tertiary/aromatic N) is 1. The summed E-state index contributed by atoms with van der Waals surface area (Å²) in [6.45, 7) is 5.92. The van der Waals surface area contributed by atoms with E-state index in [1.165, 1.54) is 10.4 Å². The Morgan fingerprint density at radius 3 is 2.55 bits per heavy atom. The zero-order chi connectivity index (χ0) is 8.43. The highest BCUT2D eigenvalue weighted by Crippen LogP contribution is 2.20. The minimum absolute atomic E-state index is 0.686. The van der Waals surface area contributed by atoms with Gasteiger partial charge in [-0.15, -0.1) is 11.3 Å². The minimum atomic E-state index is 0.686. The van der Waals surface area contributed by atoms with Crippen LogP contribution in [0.25, 0.3) is 0 Å². The molecule has 0 bridgehead atoms. The average Bonchev–Trinajstić information content (AvgIpc) is 2.31. The summed E-state index contributed by atoms with van der Waals surface area (Å²) in [6.07, 6.45) is 0. The summed E-state index contributed by atoms with van der Waals surface area (Å²) in [4.78, 5) is 2.32. The molecule has 1 aromatic heterocycles. The second-order valence-electron chi connectivity index (χ2n) is 2.54. The summed E-state index contributed by atoms with van der Waals surface area (Å²) >= 11 is 1.66. The molecule has 0 amide bonds. The van der Waals surface area contributed by atoms with E-state index in [4.69, 9.17) is 5.21 Å². The van der Waals surface area contributed by atoms with Crippen molar-refractivity contribution in [1.82, 2.24) is 0 Å². The number of oxime groups is 1. The molecule has 0 unspecified atom stereocenters. The van der Waals surface area contributed by atoms with Gasteiger partial charge in [0.2, 0.25) is 0 Å². The smallest absolute Gasteiger partial charge is 0.0936 e. The molecule has 0 atom stereocenters. The van der Waals surface area contributed by atoms with Crippen molar-refractivity contribution in [3.8, 4) is 0 Å². The molecular weight excluding hydrogens is 158 g/mol. The van der Waals surface area contributed by atoms with Gasteiger partial charge >= 0.3 is 0 Å². The Balaban J connectivity index is 3.07. The maximum Gasteiger partial charge on any atom is 0.0936 e. The van der Waals surface area contributed by atoms with Crippen LogP contribution < -0.4 is 0 Å².